The monoisotopic (exact) mass is 387 g/mol. The molecule has 0 aliphatic carbocycles. The van der Waals surface area contributed by atoms with Gasteiger partial charge in [-0.3, -0.25) is 9.59 Å². The summed E-state index contributed by atoms with van der Waals surface area (Å²) in [5.41, 5.74) is 3.12. The molecule has 29 heavy (non-hydrogen) atoms. The van der Waals surface area contributed by atoms with Crippen LogP contribution in [0.15, 0.2) is 67.0 Å². The van der Waals surface area contributed by atoms with E-state index < -0.39 is 0 Å². The number of amides is 2. The van der Waals surface area contributed by atoms with Crippen LogP contribution in [0.2, 0.25) is 0 Å². The molecule has 2 N–H and O–H groups in total. The number of anilines is 3. The van der Waals surface area contributed by atoms with Crippen molar-refractivity contribution in [3.8, 4) is 0 Å². The first-order chi connectivity index (χ1) is 14.2. The molecule has 1 aliphatic rings. The zero-order chi connectivity index (χ0) is 20.1. The highest BCUT2D eigenvalue weighted by Crippen LogP contribution is 2.18. The molecule has 1 aromatic heterocycles. The summed E-state index contributed by atoms with van der Waals surface area (Å²) in [6.07, 6.45) is 4.89. The van der Waals surface area contributed by atoms with Crippen molar-refractivity contribution in [2.24, 2.45) is 0 Å². The van der Waals surface area contributed by atoms with Crippen molar-refractivity contribution in [2.75, 3.05) is 17.2 Å². The fraction of sp³-hybridized carbons (Fsp3) is 0.182. The second-order valence-corrected chi connectivity index (χ2v) is 6.84. The summed E-state index contributed by atoms with van der Waals surface area (Å²) >= 11 is 0. The maximum absolute atomic E-state index is 12.5. The van der Waals surface area contributed by atoms with Crippen LogP contribution in [-0.4, -0.2) is 33.2 Å². The first kappa shape index (κ1) is 18.6. The molecule has 0 spiro atoms. The van der Waals surface area contributed by atoms with E-state index in [4.69, 9.17) is 0 Å². The van der Waals surface area contributed by atoms with Gasteiger partial charge in [-0.05, 0) is 54.4 Å². The number of rotatable bonds is 6. The number of aromatic nitrogens is 2. The van der Waals surface area contributed by atoms with Gasteiger partial charge in [-0.15, -0.1) is 0 Å². The Labute approximate surface area is 168 Å². The van der Waals surface area contributed by atoms with Crippen molar-refractivity contribution >= 4 is 29.1 Å². The van der Waals surface area contributed by atoms with Crippen LogP contribution in [0.5, 0.6) is 0 Å². The molecule has 2 heterocycles. The van der Waals surface area contributed by atoms with Crippen LogP contribution >= 0.6 is 0 Å². The Morgan fingerprint density at radius 3 is 2.31 bits per heavy atom. The molecule has 1 saturated heterocycles. The highest BCUT2D eigenvalue weighted by atomic mass is 16.2. The van der Waals surface area contributed by atoms with Gasteiger partial charge in [0.2, 0.25) is 11.9 Å². The summed E-state index contributed by atoms with van der Waals surface area (Å²) in [7, 11) is 0. The van der Waals surface area contributed by atoms with Crippen LogP contribution in [0, 0.1) is 0 Å². The fourth-order valence-corrected chi connectivity index (χ4v) is 3.19. The first-order valence-electron chi connectivity index (χ1n) is 9.49. The van der Waals surface area contributed by atoms with Crippen molar-refractivity contribution in [2.45, 2.75) is 19.4 Å². The van der Waals surface area contributed by atoms with Crippen LogP contribution in [0.1, 0.15) is 28.8 Å². The first-order valence-corrected chi connectivity index (χ1v) is 9.49. The Bertz CT molecular complexity index is 988. The number of hydrogen-bond donors (Lipinski definition) is 2. The number of hydrogen-bond acceptors (Lipinski definition) is 5. The largest absolute Gasteiger partial charge is 0.338 e. The van der Waals surface area contributed by atoms with Crippen molar-refractivity contribution in [3.63, 3.8) is 0 Å². The molecule has 0 atom stereocenters. The minimum Gasteiger partial charge on any atom is -0.338 e. The van der Waals surface area contributed by atoms with Crippen molar-refractivity contribution < 1.29 is 9.59 Å². The van der Waals surface area contributed by atoms with E-state index in [1.165, 1.54) is 0 Å². The summed E-state index contributed by atoms with van der Waals surface area (Å²) in [6.45, 7) is 1.44. The van der Waals surface area contributed by atoms with Crippen LogP contribution < -0.4 is 10.6 Å². The van der Waals surface area contributed by atoms with E-state index in [2.05, 4.69) is 20.6 Å². The Hall–Kier alpha value is -3.74. The quantitative estimate of drug-likeness (QED) is 0.675. The summed E-state index contributed by atoms with van der Waals surface area (Å²) in [4.78, 5) is 34.3. The van der Waals surface area contributed by atoms with Crippen molar-refractivity contribution in [1.29, 1.82) is 0 Å². The van der Waals surface area contributed by atoms with Gasteiger partial charge in [-0.2, -0.15) is 0 Å². The fourth-order valence-electron chi connectivity index (χ4n) is 3.19. The lowest BCUT2D eigenvalue weighted by molar-refractivity contribution is -0.128. The van der Waals surface area contributed by atoms with Crippen LogP contribution in [0.25, 0.3) is 0 Å². The number of carbonyl (C=O) groups is 2. The molecule has 0 bridgehead atoms. The molecule has 4 rings (SSSR count). The zero-order valence-electron chi connectivity index (χ0n) is 15.8. The summed E-state index contributed by atoms with van der Waals surface area (Å²) in [5.74, 6) is 0.523. The van der Waals surface area contributed by atoms with Crippen LogP contribution in [-0.2, 0) is 11.3 Å². The summed E-state index contributed by atoms with van der Waals surface area (Å²) < 4.78 is 0. The van der Waals surface area contributed by atoms with Gasteiger partial charge in [0.05, 0.1) is 0 Å². The topological polar surface area (TPSA) is 87.2 Å². The van der Waals surface area contributed by atoms with Gasteiger partial charge in [-0.1, -0.05) is 12.1 Å². The maximum Gasteiger partial charge on any atom is 0.255 e. The van der Waals surface area contributed by atoms with Crippen LogP contribution in [0.4, 0.5) is 17.3 Å². The molecule has 1 fully saturated rings. The average Bonchev–Trinajstić information content (AvgIpc) is 3.15. The number of carbonyl (C=O) groups excluding carboxylic acids is 2. The van der Waals surface area contributed by atoms with Gasteiger partial charge >= 0.3 is 0 Å². The highest BCUT2D eigenvalue weighted by molar-refractivity contribution is 6.04. The van der Waals surface area contributed by atoms with Gasteiger partial charge < -0.3 is 15.5 Å². The predicted molar refractivity (Wildman–Crippen MR) is 111 cm³/mol. The molecular weight excluding hydrogens is 366 g/mol. The molecule has 0 unspecified atom stereocenters. The van der Waals surface area contributed by atoms with Gasteiger partial charge in [-0.25, -0.2) is 9.97 Å². The van der Waals surface area contributed by atoms with E-state index >= 15 is 0 Å². The number of nitrogens with one attached hydrogen (secondary N) is 2. The van der Waals surface area contributed by atoms with E-state index in [-0.39, 0.29) is 11.8 Å². The standard InChI is InChI=1S/C22H21N5O2/c28-20-3-1-14-27(20)15-16-4-8-18(9-5-16)25-21(29)17-6-10-19(11-7-17)26-22-23-12-2-13-24-22/h2,4-13H,1,3,14-15H2,(H,25,29)(H,23,24,26). The number of likely N-dealkylation sites (tertiary alicyclic amines) is 1. The van der Waals surface area contributed by atoms with Gasteiger partial charge in [0.25, 0.3) is 5.91 Å². The summed E-state index contributed by atoms with van der Waals surface area (Å²) in [6, 6.07) is 16.4. The molecule has 0 radical (unpaired) electrons. The molecular formula is C22H21N5O2. The predicted octanol–water partition coefficient (Wildman–Crippen LogP) is 3.59. The van der Waals surface area contributed by atoms with Crippen molar-refractivity contribution in [3.05, 3.63) is 78.1 Å². The summed E-state index contributed by atoms with van der Waals surface area (Å²) in [5, 5.41) is 5.97. The third-order valence-electron chi connectivity index (χ3n) is 4.73. The molecule has 0 saturated carbocycles. The lowest BCUT2D eigenvalue weighted by Crippen LogP contribution is -2.23. The zero-order valence-corrected chi connectivity index (χ0v) is 15.8. The lowest BCUT2D eigenvalue weighted by atomic mass is 10.1. The van der Waals surface area contributed by atoms with Crippen molar-refractivity contribution in [1.82, 2.24) is 14.9 Å². The van der Waals surface area contributed by atoms with Gasteiger partial charge in [0, 0.05) is 48.8 Å². The van der Waals surface area contributed by atoms with Gasteiger partial charge in [0.15, 0.2) is 0 Å². The molecule has 1 aliphatic heterocycles. The number of benzene rings is 2. The van der Waals surface area contributed by atoms with E-state index in [1.54, 1.807) is 42.7 Å². The SMILES string of the molecule is O=C(Nc1ccc(CN2CCCC2=O)cc1)c1ccc(Nc2ncccn2)cc1. The lowest BCUT2D eigenvalue weighted by Gasteiger charge is -2.15. The van der Waals surface area contributed by atoms with Crippen LogP contribution in [0.3, 0.4) is 0 Å². The second kappa shape index (κ2) is 8.52. The van der Waals surface area contributed by atoms with E-state index in [0.29, 0.717) is 30.2 Å². The molecule has 7 nitrogen and oxygen atoms in total. The Morgan fingerprint density at radius 1 is 0.966 bits per heavy atom. The molecule has 146 valence electrons. The average molecular weight is 387 g/mol. The Morgan fingerprint density at radius 2 is 1.66 bits per heavy atom. The molecule has 2 amide bonds. The maximum atomic E-state index is 12.5. The smallest absolute Gasteiger partial charge is 0.255 e. The molecule has 3 aromatic rings. The van der Waals surface area contributed by atoms with E-state index in [1.807, 2.05) is 29.2 Å². The molecule has 2 aromatic carbocycles. The van der Waals surface area contributed by atoms with E-state index in [9.17, 15) is 9.59 Å². The number of nitrogens with zero attached hydrogens (tertiary/aromatic N) is 3. The Kier molecular flexibility index (Phi) is 5.47. The normalized spacial score (nSPS) is 13.4. The third-order valence-corrected chi connectivity index (χ3v) is 4.73. The second-order valence-electron chi connectivity index (χ2n) is 6.84. The highest BCUT2D eigenvalue weighted by Gasteiger charge is 2.19. The van der Waals surface area contributed by atoms with E-state index in [0.717, 1.165) is 24.2 Å². The Balaban J connectivity index is 1.34. The minimum absolute atomic E-state index is 0.185. The van der Waals surface area contributed by atoms with Gasteiger partial charge in [0.1, 0.15) is 0 Å². The molecule has 7 heteroatoms. The third kappa shape index (κ3) is 4.76. The minimum atomic E-state index is -0.185.